The normalized spacial score (nSPS) is 16.0. The molecule has 2 heterocycles. The van der Waals surface area contributed by atoms with Crippen molar-refractivity contribution in [3.63, 3.8) is 0 Å². The van der Waals surface area contributed by atoms with E-state index in [-0.39, 0.29) is 18.6 Å². The van der Waals surface area contributed by atoms with Gasteiger partial charge in [-0.15, -0.1) is 11.8 Å². The lowest BCUT2D eigenvalue weighted by Crippen LogP contribution is -2.45. The van der Waals surface area contributed by atoms with Crippen LogP contribution in [0.2, 0.25) is 0 Å². The number of esters is 2. The van der Waals surface area contributed by atoms with E-state index in [2.05, 4.69) is 11.8 Å². The molecule has 1 unspecified atom stereocenters. The van der Waals surface area contributed by atoms with Crippen molar-refractivity contribution in [1.29, 1.82) is 0 Å². The lowest BCUT2D eigenvalue weighted by atomic mass is 9.91. The molecule has 0 saturated carbocycles. The smallest absolute Gasteiger partial charge is 0.341 e. The number of hydrogen-bond acceptors (Lipinski definition) is 8. The number of benzene rings is 1. The Hall–Kier alpha value is -2.72. The average Bonchev–Trinajstić information content (AvgIpc) is 3.59. The van der Waals surface area contributed by atoms with E-state index in [9.17, 15) is 14.4 Å². The summed E-state index contributed by atoms with van der Waals surface area (Å²) < 4.78 is 16.7. The number of anilines is 1. The van der Waals surface area contributed by atoms with Crippen molar-refractivity contribution >= 4 is 35.4 Å². The molecule has 1 saturated heterocycles. The Labute approximate surface area is 242 Å². The van der Waals surface area contributed by atoms with E-state index in [1.807, 2.05) is 38.6 Å². The molecule has 0 aromatic heterocycles. The van der Waals surface area contributed by atoms with Gasteiger partial charge >= 0.3 is 18.0 Å². The Bertz CT molecular complexity index is 1100. The molecular weight excluding hydrogens is 530 g/mol. The molecule has 3 rings (SSSR count). The molecule has 9 nitrogen and oxygen atoms in total. The summed E-state index contributed by atoms with van der Waals surface area (Å²) >= 11 is 1.89. The number of hydrogen-bond donors (Lipinski definition) is 1. The van der Waals surface area contributed by atoms with Gasteiger partial charge in [-0.1, -0.05) is 38.3 Å². The Balaban J connectivity index is 1.86. The summed E-state index contributed by atoms with van der Waals surface area (Å²) in [5, 5.41) is 0. The monoisotopic (exact) mass is 575 g/mol. The third kappa shape index (κ3) is 7.72. The number of urea groups is 1. The Morgan fingerprint density at radius 3 is 2.67 bits per heavy atom. The van der Waals surface area contributed by atoms with E-state index < -0.39 is 12.0 Å². The quantitative estimate of drug-likeness (QED) is 0.220. The summed E-state index contributed by atoms with van der Waals surface area (Å²) in [6.45, 7) is 10.4. The van der Waals surface area contributed by atoms with Crippen LogP contribution in [0.25, 0.3) is 0 Å². The van der Waals surface area contributed by atoms with E-state index in [0.29, 0.717) is 49.3 Å². The van der Waals surface area contributed by atoms with Gasteiger partial charge in [0.05, 0.1) is 18.4 Å². The summed E-state index contributed by atoms with van der Waals surface area (Å²) in [6, 6.07) is -0.770. The number of cyclic esters (lactones) is 1. The first-order valence-corrected chi connectivity index (χ1v) is 15.5. The number of ether oxygens (including phenoxy) is 3. The summed E-state index contributed by atoms with van der Waals surface area (Å²) in [4.78, 5) is 42.2. The summed E-state index contributed by atoms with van der Waals surface area (Å²) in [5.74, 6) is 2.08. The molecular formula is C30H45N3O6S. The van der Waals surface area contributed by atoms with Crippen molar-refractivity contribution in [1.82, 2.24) is 4.90 Å². The second-order valence-electron chi connectivity index (χ2n) is 10.5. The minimum Gasteiger partial charge on any atom is -0.496 e. The summed E-state index contributed by atoms with van der Waals surface area (Å²) in [5.41, 5.74) is 10.1. The standard InChI is InChI=1S/C30H45N3O6S/c1-6-8-9-22(7-2)33(30(31)36)27-23(28(37-5)21(4)24-18-39-29(35)26(24)27)12-10-20(3)11-13-25(34)38-16-14-32-15-17-40-19-32/h10,22H,6-9,11-19H2,1-5H3,(H2,31,36). The summed E-state index contributed by atoms with van der Waals surface area (Å²) in [6.07, 6.45) is 6.64. The molecule has 0 aliphatic carbocycles. The lowest BCUT2D eigenvalue weighted by molar-refractivity contribution is -0.143. The highest BCUT2D eigenvalue weighted by Crippen LogP contribution is 2.44. The summed E-state index contributed by atoms with van der Waals surface area (Å²) in [7, 11) is 1.59. The Morgan fingerprint density at radius 1 is 1.27 bits per heavy atom. The van der Waals surface area contributed by atoms with Crippen molar-refractivity contribution in [3.8, 4) is 5.75 Å². The van der Waals surface area contributed by atoms with Crippen molar-refractivity contribution in [3.05, 3.63) is 33.9 Å². The average molecular weight is 576 g/mol. The fourth-order valence-electron chi connectivity index (χ4n) is 5.39. The third-order valence-corrected chi connectivity index (χ3v) is 8.75. The number of carbonyl (C=O) groups is 3. The second-order valence-corrected chi connectivity index (χ2v) is 11.5. The van der Waals surface area contributed by atoms with Gasteiger partial charge in [-0.3, -0.25) is 14.6 Å². The zero-order valence-electron chi connectivity index (χ0n) is 24.7. The number of unbranched alkanes of at least 4 members (excludes halogenated alkanes) is 1. The van der Waals surface area contributed by atoms with Crippen LogP contribution in [0.1, 0.15) is 86.3 Å². The van der Waals surface area contributed by atoms with Crippen LogP contribution in [-0.4, -0.2) is 67.3 Å². The first-order chi connectivity index (χ1) is 19.2. The molecule has 0 radical (unpaired) electrons. The Kier molecular flexibility index (Phi) is 12.2. The second kappa shape index (κ2) is 15.3. The molecule has 222 valence electrons. The van der Waals surface area contributed by atoms with E-state index in [4.69, 9.17) is 19.9 Å². The number of methoxy groups -OCH3 is 1. The topological polar surface area (TPSA) is 111 Å². The molecule has 2 aliphatic heterocycles. The Morgan fingerprint density at radius 2 is 2.05 bits per heavy atom. The highest BCUT2D eigenvalue weighted by molar-refractivity contribution is 7.99. The molecule has 2 N–H and O–H groups in total. The lowest BCUT2D eigenvalue weighted by Gasteiger charge is -2.33. The molecule has 2 aliphatic rings. The molecule has 1 aromatic carbocycles. The molecule has 0 bridgehead atoms. The van der Waals surface area contributed by atoms with Gasteiger partial charge in [-0.05, 0) is 45.1 Å². The number of fused-ring (bicyclic) bond motifs is 1. The number of primary amides is 1. The minimum atomic E-state index is -0.604. The van der Waals surface area contributed by atoms with Crippen molar-refractivity contribution < 1.29 is 28.6 Å². The minimum absolute atomic E-state index is 0.134. The van der Waals surface area contributed by atoms with Crippen molar-refractivity contribution in [2.75, 3.05) is 43.3 Å². The fourth-order valence-corrected chi connectivity index (χ4v) is 6.42. The number of carbonyl (C=O) groups excluding carboxylic acids is 3. The van der Waals surface area contributed by atoms with Crippen LogP contribution in [0, 0.1) is 6.92 Å². The zero-order valence-corrected chi connectivity index (χ0v) is 25.5. The SMILES string of the molecule is CCCCC(CC)N(C(N)=O)c1c(CC=C(C)CCC(=O)OCCN2CCSC2)c(OC)c(C)c2c1C(=O)OC2. The van der Waals surface area contributed by atoms with Crippen LogP contribution in [0.3, 0.4) is 0 Å². The van der Waals surface area contributed by atoms with Crippen LogP contribution in [0.5, 0.6) is 5.75 Å². The van der Waals surface area contributed by atoms with Gasteiger partial charge in [-0.2, -0.15) is 0 Å². The van der Waals surface area contributed by atoms with Crippen LogP contribution in [0.15, 0.2) is 11.6 Å². The van der Waals surface area contributed by atoms with Gasteiger partial charge in [0.25, 0.3) is 0 Å². The number of allylic oxidation sites excluding steroid dienone is 2. The van der Waals surface area contributed by atoms with Crippen LogP contribution in [0.4, 0.5) is 10.5 Å². The van der Waals surface area contributed by atoms with Gasteiger partial charge in [0.15, 0.2) is 0 Å². The van der Waals surface area contributed by atoms with E-state index in [0.717, 1.165) is 66.2 Å². The zero-order chi connectivity index (χ0) is 29.2. The van der Waals surface area contributed by atoms with Crippen molar-refractivity contribution in [2.45, 2.75) is 85.3 Å². The maximum absolute atomic E-state index is 13.0. The van der Waals surface area contributed by atoms with Gasteiger partial charge in [0.2, 0.25) is 0 Å². The molecule has 2 amide bonds. The fraction of sp³-hybridized carbons (Fsp3) is 0.633. The van der Waals surface area contributed by atoms with E-state index in [1.54, 1.807) is 12.0 Å². The molecule has 10 heteroatoms. The van der Waals surface area contributed by atoms with E-state index in [1.165, 1.54) is 0 Å². The van der Waals surface area contributed by atoms with E-state index >= 15 is 0 Å². The molecule has 1 aromatic rings. The highest BCUT2D eigenvalue weighted by Gasteiger charge is 2.37. The highest BCUT2D eigenvalue weighted by atomic mass is 32.2. The van der Waals surface area contributed by atoms with Crippen LogP contribution < -0.4 is 15.4 Å². The number of thioether (sulfide) groups is 1. The van der Waals surface area contributed by atoms with Gasteiger partial charge < -0.3 is 19.9 Å². The maximum atomic E-state index is 13.0. The first-order valence-electron chi connectivity index (χ1n) is 14.3. The predicted octanol–water partition coefficient (Wildman–Crippen LogP) is 5.35. The largest absolute Gasteiger partial charge is 0.496 e. The number of rotatable bonds is 15. The van der Waals surface area contributed by atoms with Crippen LogP contribution >= 0.6 is 11.8 Å². The van der Waals surface area contributed by atoms with Crippen LogP contribution in [-0.2, 0) is 27.3 Å². The first kappa shape index (κ1) is 31.8. The van der Waals surface area contributed by atoms with Gasteiger partial charge in [0.1, 0.15) is 19.0 Å². The molecule has 40 heavy (non-hydrogen) atoms. The third-order valence-electron chi connectivity index (χ3n) is 7.73. The number of nitrogens with zero attached hydrogens (tertiary/aromatic N) is 2. The maximum Gasteiger partial charge on any atom is 0.341 e. The molecule has 1 fully saturated rings. The number of amides is 2. The number of nitrogens with two attached hydrogens (primary N) is 1. The molecule has 1 atom stereocenters. The van der Waals surface area contributed by atoms with Crippen molar-refractivity contribution in [2.24, 2.45) is 5.73 Å². The van der Waals surface area contributed by atoms with Gasteiger partial charge in [0, 0.05) is 48.3 Å². The molecule has 0 spiro atoms. The predicted molar refractivity (Wildman–Crippen MR) is 159 cm³/mol. The van der Waals surface area contributed by atoms with Gasteiger partial charge in [-0.25, -0.2) is 9.59 Å².